The second-order valence-electron chi connectivity index (χ2n) is 6.38. The number of hydrogen-bond acceptors (Lipinski definition) is 3. The summed E-state index contributed by atoms with van der Waals surface area (Å²) in [5.41, 5.74) is 2.37. The molecule has 1 saturated carbocycles. The molecule has 3 nitrogen and oxygen atoms in total. The van der Waals surface area contributed by atoms with Crippen LogP contribution in [-0.4, -0.2) is 18.9 Å². The summed E-state index contributed by atoms with van der Waals surface area (Å²) in [5, 5.41) is 0. The minimum atomic E-state index is -0.466. The predicted octanol–water partition coefficient (Wildman–Crippen LogP) is 3.06. The zero-order valence-electron chi connectivity index (χ0n) is 12.2. The van der Waals surface area contributed by atoms with Gasteiger partial charge in [0, 0.05) is 5.92 Å². The van der Waals surface area contributed by atoms with Crippen molar-refractivity contribution >= 4 is 11.8 Å². The first-order valence-corrected chi connectivity index (χ1v) is 6.80. The molecule has 0 heterocycles. The van der Waals surface area contributed by atoms with Crippen LogP contribution in [0.5, 0.6) is 0 Å². The molecule has 0 aromatic carbocycles. The van der Waals surface area contributed by atoms with Gasteiger partial charge in [0.05, 0.1) is 7.11 Å². The fourth-order valence-electron chi connectivity index (χ4n) is 3.45. The van der Waals surface area contributed by atoms with Gasteiger partial charge in [0.25, 0.3) is 0 Å². The van der Waals surface area contributed by atoms with Crippen LogP contribution in [0.3, 0.4) is 0 Å². The first-order chi connectivity index (χ1) is 8.80. The van der Waals surface area contributed by atoms with Crippen LogP contribution in [0.4, 0.5) is 0 Å². The molecule has 3 rings (SSSR count). The first-order valence-electron chi connectivity index (χ1n) is 6.80. The van der Waals surface area contributed by atoms with E-state index in [0.29, 0.717) is 11.5 Å². The van der Waals surface area contributed by atoms with Gasteiger partial charge < -0.3 is 4.74 Å². The van der Waals surface area contributed by atoms with Crippen molar-refractivity contribution in [1.82, 2.24) is 0 Å². The van der Waals surface area contributed by atoms with Crippen molar-refractivity contribution in [2.75, 3.05) is 7.11 Å². The van der Waals surface area contributed by atoms with Gasteiger partial charge in [0.2, 0.25) is 0 Å². The van der Waals surface area contributed by atoms with E-state index in [1.54, 1.807) is 0 Å². The van der Waals surface area contributed by atoms with Crippen molar-refractivity contribution < 1.29 is 14.3 Å². The Morgan fingerprint density at radius 2 is 2.05 bits per heavy atom. The molecule has 0 aliphatic heterocycles. The third kappa shape index (κ3) is 2.05. The Bertz CT molecular complexity index is 482. The summed E-state index contributed by atoms with van der Waals surface area (Å²) in [6.07, 6.45) is 2.45. The largest absolute Gasteiger partial charge is 0.465 e. The molecule has 0 N–H and O–H groups in total. The van der Waals surface area contributed by atoms with E-state index >= 15 is 0 Å². The maximum atomic E-state index is 12.5. The van der Waals surface area contributed by atoms with Gasteiger partial charge in [-0.25, -0.2) is 4.79 Å². The molecule has 0 unspecified atom stereocenters. The maximum absolute atomic E-state index is 12.5. The monoisotopic (exact) mass is 262 g/mol. The molecule has 2 bridgehead atoms. The number of ketones is 1. The Morgan fingerprint density at radius 3 is 2.53 bits per heavy atom. The normalized spacial score (nSPS) is 27.9. The smallest absolute Gasteiger partial charge is 0.341 e. The van der Waals surface area contributed by atoms with Crippen molar-refractivity contribution in [2.45, 2.75) is 40.0 Å². The number of carbonyl (C=O) groups is 2. The van der Waals surface area contributed by atoms with E-state index in [1.807, 2.05) is 6.92 Å². The van der Waals surface area contributed by atoms with Crippen LogP contribution in [-0.2, 0) is 14.3 Å². The second-order valence-corrected chi connectivity index (χ2v) is 6.38. The van der Waals surface area contributed by atoms with E-state index in [-0.39, 0.29) is 17.1 Å². The fourth-order valence-corrected chi connectivity index (χ4v) is 3.45. The van der Waals surface area contributed by atoms with Crippen LogP contribution >= 0.6 is 0 Å². The summed E-state index contributed by atoms with van der Waals surface area (Å²) < 4.78 is 4.79. The molecular weight excluding hydrogens is 240 g/mol. The number of ether oxygens (including phenoxy) is 1. The van der Waals surface area contributed by atoms with Crippen LogP contribution in [0, 0.1) is 17.3 Å². The lowest BCUT2D eigenvalue weighted by Gasteiger charge is -2.56. The molecule has 1 fully saturated rings. The lowest BCUT2D eigenvalue weighted by Crippen LogP contribution is -2.55. The molecule has 19 heavy (non-hydrogen) atoms. The summed E-state index contributed by atoms with van der Waals surface area (Å²) in [7, 11) is 1.34. The van der Waals surface area contributed by atoms with Crippen molar-refractivity contribution in [3.05, 3.63) is 23.3 Å². The summed E-state index contributed by atoms with van der Waals surface area (Å²) in [5.74, 6) is -0.160. The third-order valence-electron chi connectivity index (χ3n) is 4.78. The van der Waals surface area contributed by atoms with Crippen LogP contribution in [0.1, 0.15) is 40.0 Å². The molecule has 104 valence electrons. The van der Waals surface area contributed by atoms with Crippen LogP contribution in [0.2, 0.25) is 0 Å². The first kappa shape index (κ1) is 14.0. The van der Waals surface area contributed by atoms with E-state index in [2.05, 4.69) is 20.4 Å². The zero-order valence-corrected chi connectivity index (χ0v) is 12.2. The highest BCUT2D eigenvalue weighted by molar-refractivity contribution is 6.20. The number of esters is 1. The van der Waals surface area contributed by atoms with Gasteiger partial charge >= 0.3 is 5.97 Å². The molecule has 0 saturated heterocycles. The van der Waals surface area contributed by atoms with Crippen LogP contribution < -0.4 is 0 Å². The summed E-state index contributed by atoms with van der Waals surface area (Å²) in [4.78, 5) is 24.3. The van der Waals surface area contributed by atoms with E-state index in [4.69, 9.17) is 4.74 Å². The molecule has 0 aromatic heterocycles. The van der Waals surface area contributed by atoms with Crippen molar-refractivity contribution in [1.29, 1.82) is 0 Å². The molecule has 2 atom stereocenters. The lowest BCUT2D eigenvalue weighted by atomic mass is 9.46. The molecule has 3 heteroatoms. The highest BCUT2D eigenvalue weighted by Gasteiger charge is 2.58. The van der Waals surface area contributed by atoms with Crippen molar-refractivity contribution in [3.8, 4) is 0 Å². The number of carbonyl (C=O) groups excluding carboxylic acids is 2. The highest BCUT2D eigenvalue weighted by atomic mass is 16.5. The van der Waals surface area contributed by atoms with Gasteiger partial charge in [-0.15, -0.1) is 6.58 Å². The molecule has 0 radical (unpaired) electrons. The number of allylic oxidation sites excluding steroid dienone is 2. The van der Waals surface area contributed by atoms with Crippen LogP contribution in [0.15, 0.2) is 23.3 Å². The average molecular weight is 262 g/mol. The Morgan fingerprint density at radius 1 is 1.42 bits per heavy atom. The number of methoxy groups -OCH3 is 1. The molecule has 0 aromatic rings. The Balaban J connectivity index is 2.40. The van der Waals surface area contributed by atoms with Gasteiger partial charge in [0.1, 0.15) is 5.57 Å². The summed E-state index contributed by atoms with van der Waals surface area (Å²) in [6.45, 7) is 10.1. The Hall–Kier alpha value is -1.38. The van der Waals surface area contributed by atoms with Crippen LogP contribution in [0.25, 0.3) is 0 Å². The number of fused-ring (bicyclic) bond motifs is 1. The van der Waals surface area contributed by atoms with E-state index in [0.717, 1.165) is 30.4 Å². The van der Waals surface area contributed by atoms with Crippen molar-refractivity contribution in [3.63, 3.8) is 0 Å². The highest BCUT2D eigenvalue weighted by Crippen LogP contribution is 2.60. The minimum Gasteiger partial charge on any atom is -0.465 e. The van der Waals surface area contributed by atoms with E-state index in [9.17, 15) is 9.59 Å². The van der Waals surface area contributed by atoms with Gasteiger partial charge in [-0.05, 0) is 43.1 Å². The Labute approximate surface area is 114 Å². The second kappa shape index (κ2) is 4.62. The van der Waals surface area contributed by atoms with Gasteiger partial charge in [-0.1, -0.05) is 19.4 Å². The number of rotatable bonds is 4. The summed E-state index contributed by atoms with van der Waals surface area (Å²) >= 11 is 0. The lowest BCUT2D eigenvalue weighted by molar-refractivity contribution is -0.145. The van der Waals surface area contributed by atoms with Gasteiger partial charge in [-0.3, -0.25) is 4.79 Å². The SMILES string of the molecule is C=C(C)CCC1=C(C(=O)OC)C(=O)[C@H]2C[C@@H]1C2(C)C. The molecule has 0 spiro atoms. The summed E-state index contributed by atoms with van der Waals surface area (Å²) in [6, 6.07) is 0. The zero-order chi connectivity index (χ0) is 14.4. The fraction of sp³-hybridized carbons (Fsp3) is 0.625. The quantitative estimate of drug-likeness (QED) is 0.444. The number of Topliss-reactive ketones (excluding diaryl/α,β-unsaturated/α-hetero) is 1. The molecule has 3 aliphatic carbocycles. The predicted molar refractivity (Wildman–Crippen MR) is 73.5 cm³/mol. The molecule has 3 aliphatic rings. The third-order valence-corrected chi connectivity index (χ3v) is 4.78. The maximum Gasteiger partial charge on any atom is 0.341 e. The number of hydrogen-bond donors (Lipinski definition) is 0. The van der Waals surface area contributed by atoms with E-state index < -0.39 is 5.97 Å². The van der Waals surface area contributed by atoms with Gasteiger partial charge in [-0.2, -0.15) is 0 Å². The average Bonchev–Trinajstić information content (AvgIpc) is 2.34. The van der Waals surface area contributed by atoms with E-state index in [1.165, 1.54) is 7.11 Å². The minimum absolute atomic E-state index is 0.0137. The van der Waals surface area contributed by atoms with Crippen molar-refractivity contribution in [2.24, 2.45) is 17.3 Å². The molecular formula is C16H22O3. The standard InChI is InChI=1S/C16H22O3/c1-9(2)6-7-10-11-8-12(16(11,3)4)14(17)13(10)15(18)19-5/h11-12H,1,6-8H2,2-5H3/t11-,12+/m0/s1. The Kier molecular flexibility index (Phi) is 3.41. The molecule has 0 amide bonds. The van der Waals surface area contributed by atoms with Gasteiger partial charge in [0.15, 0.2) is 5.78 Å². The topological polar surface area (TPSA) is 43.4 Å².